The van der Waals surface area contributed by atoms with Gasteiger partial charge in [0.05, 0.1) is 6.20 Å². The first kappa shape index (κ1) is 18.3. The second kappa shape index (κ2) is 7.97. The molecule has 0 N–H and O–H groups in total. The molecule has 8 heteroatoms. The molecule has 1 aliphatic carbocycles. The molecule has 2 aliphatic heterocycles. The minimum absolute atomic E-state index is 0.0310. The fourth-order valence-electron chi connectivity index (χ4n) is 4.74. The van der Waals surface area contributed by atoms with E-state index in [2.05, 4.69) is 37.3 Å². The third-order valence-corrected chi connectivity index (χ3v) is 6.62. The van der Waals surface area contributed by atoms with Crippen molar-refractivity contribution in [2.45, 2.75) is 44.9 Å². The Morgan fingerprint density at radius 1 is 1.00 bits per heavy atom. The molecule has 1 unspecified atom stereocenters. The van der Waals surface area contributed by atoms with Crippen molar-refractivity contribution in [1.29, 1.82) is 0 Å². The largest absolute Gasteiger partial charge is 0.353 e. The lowest BCUT2D eigenvalue weighted by Gasteiger charge is -2.35. The molecule has 3 fully saturated rings. The molecule has 0 bridgehead atoms. The third kappa shape index (κ3) is 4.04. The summed E-state index contributed by atoms with van der Waals surface area (Å²) >= 11 is 0. The Balaban J connectivity index is 1.17. The van der Waals surface area contributed by atoms with E-state index >= 15 is 0 Å². The van der Waals surface area contributed by atoms with E-state index in [1.54, 1.807) is 16.9 Å². The minimum atomic E-state index is 0.0310. The summed E-state index contributed by atoms with van der Waals surface area (Å²) in [6.45, 7) is 3.69. The number of piperidine rings is 1. The molecule has 0 spiro atoms. The van der Waals surface area contributed by atoms with Gasteiger partial charge in [-0.25, -0.2) is 4.98 Å². The number of hydrogen-bond donors (Lipinski definition) is 0. The maximum atomic E-state index is 12.3. The van der Waals surface area contributed by atoms with Crippen molar-refractivity contribution in [2.75, 3.05) is 31.1 Å². The lowest BCUT2D eigenvalue weighted by atomic mass is 9.80. The molecule has 2 aromatic heterocycles. The first-order chi connectivity index (χ1) is 14.3. The van der Waals surface area contributed by atoms with Gasteiger partial charge in [0.15, 0.2) is 5.82 Å². The van der Waals surface area contributed by atoms with Gasteiger partial charge in [-0.3, -0.25) is 4.79 Å². The van der Waals surface area contributed by atoms with Crippen molar-refractivity contribution in [3.05, 3.63) is 12.4 Å². The SMILES string of the molecule is O=C(C#CC1CC1)N1CCC(C2CCCN(c3nccn4nnnc34)CC2)CC1. The van der Waals surface area contributed by atoms with Gasteiger partial charge in [-0.1, -0.05) is 5.92 Å². The molecule has 152 valence electrons. The van der Waals surface area contributed by atoms with Gasteiger partial charge < -0.3 is 9.80 Å². The maximum Gasteiger partial charge on any atom is 0.298 e. The van der Waals surface area contributed by atoms with Gasteiger partial charge in [-0.05, 0) is 73.1 Å². The Bertz CT molecular complexity index is 933. The highest BCUT2D eigenvalue weighted by Gasteiger charge is 2.30. The van der Waals surface area contributed by atoms with Crippen LogP contribution in [0.25, 0.3) is 5.65 Å². The van der Waals surface area contributed by atoms with Crippen molar-refractivity contribution in [3.8, 4) is 11.8 Å². The van der Waals surface area contributed by atoms with E-state index in [1.165, 1.54) is 19.3 Å². The standard InChI is InChI=1S/C21H27N7O/c29-19(6-5-16-3-4-16)26-12-7-18(8-13-26)17-2-1-11-27(14-9-17)20-21-23-24-25-28(21)15-10-22-20/h10,15-18H,1-4,7-9,11-14H2. The lowest BCUT2D eigenvalue weighted by Crippen LogP contribution is -2.39. The van der Waals surface area contributed by atoms with Crippen LogP contribution in [0.5, 0.6) is 0 Å². The predicted octanol–water partition coefficient (Wildman–Crippen LogP) is 1.78. The van der Waals surface area contributed by atoms with E-state index in [9.17, 15) is 4.79 Å². The number of aromatic nitrogens is 5. The zero-order valence-electron chi connectivity index (χ0n) is 16.7. The highest BCUT2D eigenvalue weighted by atomic mass is 16.2. The van der Waals surface area contributed by atoms with Crippen molar-refractivity contribution >= 4 is 17.4 Å². The van der Waals surface area contributed by atoms with E-state index in [0.717, 1.165) is 63.3 Å². The average molecular weight is 393 g/mol. The van der Waals surface area contributed by atoms with E-state index in [0.29, 0.717) is 17.8 Å². The number of likely N-dealkylation sites (tertiary alicyclic amines) is 1. The van der Waals surface area contributed by atoms with Crippen LogP contribution in [0.2, 0.25) is 0 Å². The Labute approximate surface area is 170 Å². The van der Waals surface area contributed by atoms with Crippen LogP contribution in [0.4, 0.5) is 5.82 Å². The van der Waals surface area contributed by atoms with Crippen molar-refractivity contribution in [3.63, 3.8) is 0 Å². The van der Waals surface area contributed by atoms with Crippen molar-refractivity contribution in [1.82, 2.24) is 29.9 Å². The van der Waals surface area contributed by atoms with E-state index in [1.807, 2.05) is 4.90 Å². The molecular weight excluding hydrogens is 366 g/mol. The van der Waals surface area contributed by atoms with E-state index in [4.69, 9.17) is 0 Å². The predicted molar refractivity (Wildman–Crippen MR) is 108 cm³/mol. The highest BCUT2D eigenvalue weighted by Crippen LogP contribution is 2.34. The molecule has 4 heterocycles. The first-order valence-electron chi connectivity index (χ1n) is 10.9. The van der Waals surface area contributed by atoms with Crippen LogP contribution in [-0.2, 0) is 4.79 Å². The first-order valence-corrected chi connectivity index (χ1v) is 10.9. The van der Waals surface area contributed by atoms with Crippen LogP contribution in [0.1, 0.15) is 44.9 Å². The van der Waals surface area contributed by atoms with Crippen LogP contribution in [0.15, 0.2) is 12.4 Å². The van der Waals surface area contributed by atoms with Crippen molar-refractivity contribution in [2.24, 2.45) is 17.8 Å². The van der Waals surface area contributed by atoms with E-state index in [-0.39, 0.29) is 5.91 Å². The average Bonchev–Trinajstić information content (AvgIpc) is 3.52. The van der Waals surface area contributed by atoms with Crippen LogP contribution < -0.4 is 4.90 Å². The zero-order chi connectivity index (χ0) is 19.6. The third-order valence-electron chi connectivity index (χ3n) is 6.62. The summed E-state index contributed by atoms with van der Waals surface area (Å²) in [7, 11) is 0. The number of amides is 1. The van der Waals surface area contributed by atoms with E-state index < -0.39 is 0 Å². The number of carbonyl (C=O) groups is 1. The van der Waals surface area contributed by atoms with Gasteiger partial charge in [0, 0.05) is 38.3 Å². The van der Waals surface area contributed by atoms with Crippen LogP contribution in [-0.4, -0.2) is 62.0 Å². The Kier molecular flexibility index (Phi) is 5.04. The number of carbonyl (C=O) groups excluding carboxylic acids is 1. The Hall–Kier alpha value is -2.69. The van der Waals surface area contributed by atoms with Crippen LogP contribution >= 0.6 is 0 Å². The summed E-state index contributed by atoms with van der Waals surface area (Å²) < 4.78 is 1.68. The highest BCUT2D eigenvalue weighted by molar-refractivity contribution is 5.93. The second-order valence-electron chi connectivity index (χ2n) is 8.55. The van der Waals surface area contributed by atoms with Crippen LogP contribution in [0, 0.1) is 29.6 Å². The smallest absolute Gasteiger partial charge is 0.298 e. The van der Waals surface area contributed by atoms with Gasteiger partial charge in [0.25, 0.3) is 5.91 Å². The van der Waals surface area contributed by atoms with Gasteiger partial charge >= 0.3 is 0 Å². The molecule has 2 aromatic rings. The zero-order valence-corrected chi connectivity index (χ0v) is 16.7. The molecule has 1 atom stereocenters. The quantitative estimate of drug-likeness (QED) is 0.724. The summed E-state index contributed by atoms with van der Waals surface area (Å²) in [6.07, 6.45) is 11.6. The monoisotopic (exact) mass is 393 g/mol. The number of hydrogen-bond acceptors (Lipinski definition) is 6. The molecule has 8 nitrogen and oxygen atoms in total. The summed E-state index contributed by atoms with van der Waals surface area (Å²) in [5, 5.41) is 11.9. The summed E-state index contributed by atoms with van der Waals surface area (Å²) in [6, 6.07) is 0. The molecule has 1 saturated carbocycles. The van der Waals surface area contributed by atoms with Gasteiger partial charge in [0.2, 0.25) is 5.65 Å². The number of nitrogens with zero attached hydrogens (tertiary/aromatic N) is 7. The van der Waals surface area contributed by atoms with Gasteiger partial charge in [-0.15, -0.1) is 5.10 Å². The van der Waals surface area contributed by atoms with Crippen LogP contribution in [0.3, 0.4) is 0 Å². The summed E-state index contributed by atoms with van der Waals surface area (Å²) in [5.41, 5.74) is 0.727. The summed E-state index contributed by atoms with van der Waals surface area (Å²) in [5.74, 6) is 8.77. The fourth-order valence-corrected chi connectivity index (χ4v) is 4.74. The molecule has 29 heavy (non-hydrogen) atoms. The molecule has 0 aromatic carbocycles. The van der Waals surface area contributed by atoms with Gasteiger partial charge in [0.1, 0.15) is 0 Å². The summed E-state index contributed by atoms with van der Waals surface area (Å²) in [4.78, 5) is 21.1. The number of rotatable bonds is 2. The van der Waals surface area contributed by atoms with Gasteiger partial charge in [-0.2, -0.15) is 4.52 Å². The minimum Gasteiger partial charge on any atom is -0.353 e. The normalized spacial score (nSPS) is 23.5. The second-order valence-corrected chi connectivity index (χ2v) is 8.55. The topological polar surface area (TPSA) is 79.5 Å². The fraction of sp³-hybridized carbons (Fsp3) is 0.667. The Morgan fingerprint density at radius 3 is 2.62 bits per heavy atom. The number of tetrazole rings is 1. The molecule has 0 radical (unpaired) electrons. The lowest BCUT2D eigenvalue weighted by molar-refractivity contribution is -0.126. The molecule has 2 saturated heterocycles. The maximum absolute atomic E-state index is 12.3. The molecule has 1 amide bonds. The molecule has 3 aliphatic rings. The number of fused-ring (bicyclic) bond motifs is 1. The van der Waals surface area contributed by atoms with Crippen molar-refractivity contribution < 1.29 is 4.79 Å². The number of anilines is 1. The Morgan fingerprint density at radius 2 is 1.79 bits per heavy atom. The molecule has 5 rings (SSSR count). The molecular formula is C21H27N7O.